The molecule has 0 bridgehead atoms. The summed E-state index contributed by atoms with van der Waals surface area (Å²) in [4.78, 5) is 25.1. The number of alkyl carbamates (subject to hydrolysis) is 1. The Morgan fingerprint density at radius 1 is 1.39 bits per heavy atom. The van der Waals surface area contributed by atoms with Crippen LogP contribution in [0.4, 0.5) is 4.79 Å². The topological polar surface area (TPSA) is 58.6 Å². The van der Waals surface area contributed by atoms with Crippen LogP contribution in [0, 0.1) is 0 Å². The van der Waals surface area contributed by atoms with Gasteiger partial charge in [-0.2, -0.15) is 0 Å². The van der Waals surface area contributed by atoms with Gasteiger partial charge >= 0.3 is 6.09 Å². The molecule has 0 aromatic rings. The zero-order chi connectivity index (χ0) is 13.8. The number of carbonyl (C=O) groups excluding carboxylic acids is 2. The van der Waals surface area contributed by atoms with E-state index < -0.39 is 11.7 Å². The van der Waals surface area contributed by atoms with Gasteiger partial charge in [-0.05, 0) is 33.6 Å². The molecule has 0 unspecified atom stereocenters. The second-order valence-corrected chi connectivity index (χ2v) is 5.72. The minimum absolute atomic E-state index is 0.0145. The molecule has 5 heteroatoms. The highest BCUT2D eigenvalue weighted by Gasteiger charge is 2.28. The molecule has 1 atom stereocenters. The Morgan fingerprint density at radius 2 is 2.06 bits per heavy atom. The molecule has 2 amide bonds. The average Bonchev–Trinajstić information content (AvgIpc) is 2.63. The first-order chi connectivity index (χ1) is 8.31. The minimum Gasteiger partial charge on any atom is -0.444 e. The molecule has 18 heavy (non-hydrogen) atoms. The highest BCUT2D eigenvalue weighted by Crippen LogP contribution is 2.13. The van der Waals surface area contributed by atoms with Crippen LogP contribution in [0.15, 0.2) is 0 Å². The number of amides is 2. The van der Waals surface area contributed by atoms with Crippen molar-refractivity contribution in [1.29, 1.82) is 0 Å². The summed E-state index contributed by atoms with van der Waals surface area (Å²) in [7, 11) is 0. The van der Waals surface area contributed by atoms with Crippen molar-refractivity contribution in [2.24, 2.45) is 0 Å². The number of hydrogen-bond acceptors (Lipinski definition) is 3. The maximum atomic E-state index is 11.7. The third-order valence-corrected chi connectivity index (χ3v) is 2.73. The number of rotatable bonds is 3. The Bertz CT molecular complexity index is 310. The van der Waals surface area contributed by atoms with E-state index in [9.17, 15) is 9.59 Å². The van der Waals surface area contributed by atoms with Gasteiger partial charge in [0.2, 0.25) is 5.91 Å². The second kappa shape index (κ2) is 6.07. The molecule has 104 valence electrons. The van der Waals surface area contributed by atoms with Crippen molar-refractivity contribution in [3.05, 3.63) is 0 Å². The molecule has 1 fully saturated rings. The van der Waals surface area contributed by atoms with Gasteiger partial charge in [-0.3, -0.25) is 4.79 Å². The first-order valence-corrected chi connectivity index (χ1v) is 6.59. The molecule has 1 N–H and O–H groups in total. The van der Waals surface area contributed by atoms with Crippen LogP contribution in [-0.4, -0.2) is 41.6 Å². The van der Waals surface area contributed by atoms with Gasteiger partial charge in [-0.15, -0.1) is 0 Å². The van der Waals surface area contributed by atoms with Crippen LogP contribution in [0.3, 0.4) is 0 Å². The molecular formula is C13H24N2O3. The normalized spacial score (nSPS) is 19.8. The SMILES string of the molecule is CCCC(=O)N1CC[C@@H](NC(=O)OC(C)(C)C)C1. The van der Waals surface area contributed by atoms with Crippen molar-refractivity contribution < 1.29 is 14.3 Å². The summed E-state index contributed by atoms with van der Waals surface area (Å²) in [5, 5.41) is 2.81. The molecule has 1 aliphatic heterocycles. The van der Waals surface area contributed by atoms with E-state index in [1.54, 1.807) is 0 Å². The molecule has 0 aliphatic carbocycles. The summed E-state index contributed by atoms with van der Waals surface area (Å²) in [5.41, 5.74) is -0.486. The lowest BCUT2D eigenvalue weighted by Gasteiger charge is -2.22. The van der Waals surface area contributed by atoms with Crippen molar-refractivity contribution in [3.63, 3.8) is 0 Å². The van der Waals surface area contributed by atoms with E-state index in [0.29, 0.717) is 13.0 Å². The first-order valence-electron chi connectivity index (χ1n) is 6.59. The van der Waals surface area contributed by atoms with E-state index in [4.69, 9.17) is 4.74 Å². The van der Waals surface area contributed by atoms with E-state index in [-0.39, 0.29) is 11.9 Å². The van der Waals surface area contributed by atoms with Gasteiger partial charge in [-0.1, -0.05) is 6.92 Å². The van der Waals surface area contributed by atoms with E-state index in [1.165, 1.54) is 0 Å². The summed E-state index contributed by atoms with van der Waals surface area (Å²) < 4.78 is 5.19. The summed E-state index contributed by atoms with van der Waals surface area (Å²) in [6, 6.07) is 0.0145. The predicted molar refractivity (Wildman–Crippen MR) is 69.3 cm³/mol. The van der Waals surface area contributed by atoms with E-state index in [1.807, 2.05) is 32.6 Å². The van der Waals surface area contributed by atoms with Crippen molar-refractivity contribution in [2.75, 3.05) is 13.1 Å². The van der Waals surface area contributed by atoms with Crippen LogP contribution >= 0.6 is 0 Å². The molecule has 0 spiro atoms. The van der Waals surface area contributed by atoms with E-state index in [2.05, 4.69) is 5.32 Å². The number of nitrogens with zero attached hydrogens (tertiary/aromatic N) is 1. The number of hydrogen-bond donors (Lipinski definition) is 1. The molecule has 1 aliphatic rings. The number of carbonyl (C=O) groups is 2. The van der Waals surface area contributed by atoms with Crippen LogP contribution < -0.4 is 5.32 Å². The second-order valence-electron chi connectivity index (χ2n) is 5.72. The van der Waals surface area contributed by atoms with Gasteiger partial charge in [0.05, 0.1) is 6.04 Å². The van der Waals surface area contributed by atoms with Crippen molar-refractivity contribution >= 4 is 12.0 Å². The Kier molecular flexibility index (Phi) is 4.99. The zero-order valence-corrected chi connectivity index (χ0v) is 11.8. The lowest BCUT2D eigenvalue weighted by Crippen LogP contribution is -2.41. The molecule has 0 aromatic carbocycles. The number of nitrogens with one attached hydrogen (secondary N) is 1. The predicted octanol–water partition coefficient (Wildman–Crippen LogP) is 1.91. The third kappa shape index (κ3) is 4.94. The smallest absolute Gasteiger partial charge is 0.407 e. The molecular weight excluding hydrogens is 232 g/mol. The Balaban J connectivity index is 2.34. The molecule has 0 radical (unpaired) electrons. The van der Waals surface area contributed by atoms with Crippen molar-refractivity contribution in [1.82, 2.24) is 10.2 Å². The minimum atomic E-state index is -0.486. The summed E-state index contributed by atoms with van der Waals surface area (Å²) in [6.07, 6.45) is 1.84. The van der Waals surface area contributed by atoms with Crippen molar-refractivity contribution in [3.8, 4) is 0 Å². The van der Waals surface area contributed by atoms with Crippen LogP contribution in [0.25, 0.3) is 0 Å². The fourth-order valence-corrected chi connectivity index (χ4v) is 1.95. The Labute approximate surface area is 109 Å². The van der Waals surface area contributed by atoms with Gasteiger partial charge in [0, 0.05) is 19.5 Å². The van der Waals surface area contributed by atoms with E-state index >= 15 is 0 Å². The standard InChI is InChI=1S/C13H24N2O3/c1-5-6-11(16)15-8-7-10(9-15)14-12(17)18-13(2,3)4/h10H,5-9H2,1-4H3,(H,14,17)/t10-/m1/s1. The number of likely N-dealkylation sites (tertiary alicyclic amines) is 1. The molecule has 1 saturated heterocycles. The van der Waals surface area contributed by atoms with Gasteiger partial charge in [-0.25, -0.2) is 4.79 Å². The van der Waals surface area contributed by atoms with Crippen molar-refractivity contribution in [2.45, 2.75) is 58.6 Å². The maximum Gasteiger partial charge on any atom is 0.407 e. The van der Waals surface area contributed by atoms with Crippen LogP contribution in [0.2, 0.25) is 0 Å². The quantitative estimate of drug-likeness (QED) is 0.839. The summed E-state index contributed by atoms with van der Waals surface area (Å²) in [6.45, 7) is 8.80. The van der Waals surface area contributed by atoms with Crippen LogP contribution in [0.1, 0.15) is 47.0 Å². The largest absolute Gasteiger partial charge is 0.444 e. The fraction of sp³-hybridized carbons (Fsp3) is 0.846. The lowest BCUT2D eigenvalue weighted by atomic mass is 10.2. The molecule has 1 heterocycles. The average molecular weight is 256 g/mol. The lowest BCUT2D eigenvalue weighted by molar-refractivity contribution is -0.130. The molecule has 0 aromatic heterocycles. The molecule has 5 nitrogen and oxygen atoms in total. The Morgan fingerprint density at radius 3 is 2.61 bits per heavy atom. The van der Waals surface area contributed by atoms with E-state index in [0.717, 1.165) is 19.4 Å². The summed E-state index contributed by atoms with van der Waals surface area (Å²) in [5.74, 6) is 0.172. The monoisotopic (exact) mass is 256 g/mol. The van der Waals surface area contributed by atoms with Crippen LogP contribution in [0.5, 0.6) is 0 Å². The Hall–Kier alpha value is -1.26. The maximum absolute atomic E-state index is 11.7. The van der Waals surface area contributed by atoms with Crippen LogP contribution in [-0.2, 0) is 9.53 Å². The molecule has 1 rings (SSSR count). The highest BCUT2D eigenvalue weighted by atomic mass is 16.6. The highest BCUT2D eigenvalue weighted by molar-refractivity contribution is 5.76. The fourth-order valence-electron chi connectivity index (χ4n) is 1.95. The van der Waals surface area contributed by atoms with Gasteiger partial charge in [0.15, 0.2) is 0 Å². The van der Waals surface area contributed by atoms with Gasteiger partial charge < -0.3 is 15.0 Å². The van der Waals surface area contributed by atoms with Gasteiger partial charge in [0.25, 0.3) is 0 Å². The molecule has 0 saturated carbocycles. The zero-order valence-electron chi connectivity index (χ0n) is 11.8. The third-order valence-electron chi connectivity index (χ3n) is 2.73. The van der Waals surface area contributed by atoms with Gasteiger partial charge in [0.1, 0.15) is 5.60 Å². The summed E-state index contributed by atoms with van der Waals surface area (Å²) >= 11 is 0. The first kappa shape index (κ1) is 14.8. The number of ether oxygens (including phenoxy) is 1.